The van der Waals surface area contributed by atoms with Gasteiger partial charge >= 0.3 is 0 Å². The molecule has 6 nitrogen and oxygen atoms in total. The van der Waals surface area contributed by atoms with Crippen LogP contribution in [0.3, 0.4) is 0 Å². The number of hydrogen-bond acceptors (Lipinski definition) is 4. The Bertz CT molecular complexity index is 677. The topological polar surface area (TPSA) is 49.3 Å². The number of nitrogens with one attached hydrogen (secondary N) is 1. The summed E-state index contributed by atoms with van der Waals surface area (Å²) in [6.07, 6.45) is 3.44. The van der Waals surface area contributed by atoms with Crippen molar-refractivity contribution in [3.8, 4) is 5.75 Å². The minimum absolute atomic E-state index is 0. The smallest absolute Gasteiger partial charge is 0.193 e. The molecule has 2 heterocycles. The quantitative estimate of drug-likeness (QED) is 0.332. The number of guanidine groups is 1. The number of halogens is 1. The fourth-order valence-corrected chi connectivity index (χ4v) is 4.17. The molecule has 1 aromatic rings. The third-order valence-electron chi connectivity index (χ3n) is 6.06. The van der Waals surface area contributed by atoms with Gasteiger partial charge in [-0.05, 0) is 49.4 Å². The van der Waals surface area contributed by atoms with Gasteiger partial charge in [-0.1, -0.05) is 26.0 Å². The predicted molar refractivity (Wildman–Crippen MR) is 134 cm³/mol. The molecule has 30 heavy (non-hydrogen) atoms. The number of likely N-dealkylation sites (N-methyl/N-ethyl adjacent to an activating group) is 1. The van der Waals surface area contributed by atoms with Crippen LogP contribution in [0.1, 0.15) is 38.7 Å². The standard InChI is InChI=1S/C23H38N4O2.HI/c1-23(2)10-11-27(18-23)22(24-3)25-17-19-6-5-7-21(16-19)29-15-12-26(4)20-8-13-28-14-9-20;/h5-7,16,20H,8-15,17-18H2,1-4H3,(H,24,25);1H. The highest BCUT2D eigenvalue weighted by Crippen LogP contribution is 2.28. The molecule has 1 N–H and O–H groups in total. The third kappa shape index (κ3) is 7.57. The second kappa shape index (κ2) is 12.1. The van der Waals surface area contributed by atoms with Gasteiger partial charge in [0.1, 0.15) is 12.4 Å². The van der Waals surface area contributed by atoms with E-state index in [-0.39, 0.29) is 24.0 Å². The molecular formula is C23H39IN4O2. The third-order valence-corrected chi connectivity index (χ3v) is 6.06. The van der Waals surface area contributed by atoms with Gasteiger partial charge in [-0.2, -0.15) is 0 Å². The minimum Gasteiger partial charge on any atom is -0.492 e. The molecule has 3 rings (SSSR count). The Hall–Kier alpha value is -1.06. The van der Waals surface area contributed by atoms with Gasteiger partial charge in [0.2, 0.25) is 0 Å². The van der Waals surface area contributed by atoms with Gasteiger partial charge in [0.25, 0.3) is 0 Å². The van der Waals surface area contributed by atoms with E-state index in [1.807, 2.05) is 13.1 Å². The zero-order valence-electron chi connectivity index (χ0n) is 19.0. The van der Waals surface area contributed by atoms with E-state index in [2.05, 4.69) is 59.2 Å². The SMILES string of the molecule is CN=C(NCc1cccc(OCCN(C)C2CCOCC2)c1)N1CCC(C)(C)C1.I. The summed E-state index contributed by atoms with van der Waals surface area (Å²) in [4.78, 5) is 9.22. The zero-order valence-corrected chi connectivity index (χ0v) is 21.4. The van der Waals surface area contributed by atoms with E-state index in [1.54, 1.807) is 0 Å². The molecule has 2 fully saturated rings. The van der Waals surface area contributed by atoms with Gasteiger partial charge in [0.15, 0.2) is 5.96 Å². The highest BCUT2D eigenvalue weighted by molar-refractivity contribution is 14.0. The van der Waals surface area contributed by atoms with E-state index in [1.165, 1.54) is 12.0 Å². The summed E-state index contributed by atoms with van der Waals surface area (Å²) in [5.41, 5.74) is 1.57. The highest BCUT2D eigenvalue weighted by Gasteiger charge is 2.30. The first-order valence-corrected chi connectivity index (χ1v) is 10.9. The summed E-state index contributed by atoms with van der Waals surface area (Å²) in [6, 6.07) is 8.98. The van der Waals surface area contributed by atoms with E-state index < -0.39 is 0 Å². The molecule has 1 aromatic carbocycles. The lowest BCUT2D eigenvalue weighted by atomic mass is 9.93. The van der Waals surface area contributed by atoms with Crippen LogP contribution in [-0.4, -0.2) is 75.4 Å². The normalized spacial score (nSPS) is 19.6. The van der Waals surface area contributed by atoms with Crippen molar-refractivity contribution >= 4 is 29.9 Å². The highest BCUT2D eigenvalue weighted by atomic mass is 127. The van der Waals surface area contributed by atoms with Crippen LogP contribution in [0.15, 0.2) is 29.3 Å². The number of likely N-dealkylation sites (tertiary alicyclic amines) is 1. The molecule has 2 saturated heterocycles. The Labute approximate surface area is 199 Å². The van der Waals surface area contributed by atoms with Crippen molar-refractivity contribution in [3.05, 3.63) is 29.8 Å². The van der Waals surface area contributed by atoms with Crippen LogP contribution in [0.2, 0.25) is 0 Å². The number of rotatable bonds is 7. The molecule has 0 radical (unpaired) electrons. The molecule has 2 aliphatic heterocycles. The van der Waals surface area contributed by atoms with E-state index in [9.17, 15) is 0 Å². The van der Waals surface area contributed by atoms with Gasteiger partial charge in [-0.3, -0.25) is 9.89 Å². The summed E-state index contributed by atoms with van der Waals surface area (Å²) < 4.78 is 11.5. The number of benzene rings is 1. The number of aliphatic imine (C=N–C) groups is 1. The number of nitrogens with zero attached hydrogens (tertiary/aromatic N) is 3. The summed E-state index contributed by atoms with van der Waals surface area (Å²) in [5, 5.41) is 3.51. The molecule has 0 unspecified atom stereocenters. The average molecular weight is 530 g/mol. The van der Waals surface area contributed by atoms with Gasteiger partial charge in [-0.15, -0.1) is 24.0 Å². The fourth-order valence-electron chi connectivity index (χ4n) is 4.17. The molecule has 7 heteroatoms. The number of ether oxygens (including phenoxy) is 2. The molecule has 0 atom stereocenters. The molecule has 0 spiro atoms. The van der Waals surface area contributed by atoms with Crippen LogP contribution in [-0.2, 0) is 11.3 Å². The molecular weight excluding hydrogens is 491 g/mol. The van der Waals surface area contributed by atoms with Crippen LogP contribution in [0.4, 0.5) is 0 Å². The molecule has 0 bridgehead atoms. The summed E-state index contributed by atoms with van der Waals surface area (Å²) in [5.74, 6) is 1.92. The molecule has 0 saturated carbocycles. The maximum atomic E-state index is 6.03. The Balaban J connectivity index is 0.00000320. The van der Waals surface area contributed by atoms with Gasteiger partial charge < -0.3 is 19.7 Å². The molecule has 170 valence electrons. The van der Waals surface area contributed by atoms with Crippen molar-refractivity contribution in [1.82, 2.24) is 15.1 Å². The van der Waals surface area contributed by atoms with Gasteiger partial charge in [-0.25, -0.2) is 0 Å². The second-order valence-corrected chi connectivity index (χ2v) is 9.06. The first kappa shape index (κ1) is 25.2. The first-order chi connectivity index (χ1) is 14.0. The van der Waals surface area contributed by atoms with Crippen LogP contribution in [0.5, 0.6) is 5.75 Å². The Morgan fingerprint density at radius 2 is 2.10 bits per heavy atom. The van der Waals surface area contributed by atoms with Gasteiger partial charge in [0, 0.05) is 52.5 Å². The lowest BCUT2D eigenvalue weighted by molar-refractivity contribution is 0.0392. The Kier molecular flexibility index (Phi) is 10.2. The fraction of sp³-hybridized carbons (Fsp3) is 0.696. The number of hydrogen-bond donors (Lipinski definition) is 1. The van der Waals surface area contributed by atoms with Crippen molar-refractivity contribution < 1.29 is 9.47 Å². The van der Waals surface area contributed by atoms with Crippen molar-refractivity contribution in [1.29, 1.82) is 0 Å². The zero-order chi connectivity index (χ0) is 20.7. The van der Waals surface area contributed by atoms with Crippen molar-refractivity contribution in [2.24, 2.45) is 10.4 Å². The van der Waals surface area contributed by atoms with Crippen LogP contribution in [0, 0.1) is 5.41 Å². The van der Waals surface area contributed by atoms with Crippen molar-refractivity contribution in [2.45, 2.75) is 45.7 Å². The van der Waals surface area contributed by atoms with E-state index in [4.69, 9.17) is 9.47 Å². The lowest BCUT2D eigenvalue weighted by Crippen LogP contribution is -2.40. The lowest BCUT2D eigenvalue weighted by Gasteiger charge is -2.31. The Morgan fingerprint density at radius 3 is 2.77 bits per heavy atom. The summed E-state index contributed by atoms with van der Waals surface area (Å²) in [7, 11) is 4.05. The Morgan fingerprint density at radius 1 is 1.33 bits per heavy atom. The van der Waals surface area contributed by atoms with Crippen molar-refractivity contribution in [2.75, 3.05) is 53.6 Å². The van der Waals surface area contributed by atoms with E-state index in [0.29, 0.717) is 18.1 Å². The summed E-state index contributed by atoms with van der Waals surface area (Å²) >= 11 is 0. The average Bonchev–Trinajstić information content (AvgIpc) is 3.09. The van der Waals surface area contributed by atoms with Crippen LogP contribution in [0.25, 0.3) is 0 Å². The largest absolute Gasteiger partial charge is 0.492 e. The maximum absolute atomic E-state index is 6.03. The van der Waals surface area contributed by atoms with Crippen LogP contribution < -0.4 is 10.1 Å². The molecule has 0 amide bonds. The minimum atomic E-state index is 0. The van der Waals surface area contributed by atoms with E-state index >= 15 is 0 Å². The monoisotopic (exact) mass is 530 g/mol. The molecule has 0 aromatic heterocycles. The van der Waals surface area contributed by atoms with Crippen molar-refractivity contribution in [3.63, 3.8) is 0 Å². The van der Waals surface area contributed by atoms with E-state index in [0.717, 1.165) is 63.9 Å². The second-order valence-electron chi connectivity index (χ2n) is 9.06. The van der Waals surface area contributed by atoms with Gasteiger partial charge in [0.05, 0.1) is 0 Å². The van der Waals surface area contributed by atoms with Crippen LogP contribution >= 0.6 is 24.0 Å². The maximum Gasteiger partial charge on any atom is 0.193 e. The molecule has 2 aliphatic rings. The first-order valence-electron chi connectivity index (χ1n) is 10.9. The predicted octanol–water partition coefficient (Wildman–Crippen LogP) is 3.60. The summed E-state index contributed by atoms with van der Waals surface area (Å²) in [6.45, 7) is 10.9. The molecule has 0 aliphatic carbocycles.